The highest BCUT2D eigenvalue weighted by atomic mass is 16.1. The van der Waals surface area contributed by atoms with E-state index < -0.39 is 0 Å². The molecule has 19 heavy (non-hydrogen) atoms. The van der Waals surface area contributed by atoms with Crippen molar-refractivity contribution < 1.29 is 4.79 Å². The molecular formula is C15H23N3O. The number of hydrogen-bond acceptors (Lipinski definition) is 3. The van der Waals surface area contributed by atoms with Gasteiger partial charge >= 0.3 is 0 Å². The van der Waals surface area contributed by atoms with Gasteiger partial charge in [-0.25, -0.2) is 0 Å². The topological polar surface area (TPSA) is 68.0 Å². The summed E-state index contributed by atoms with van der Waals surface area (Å²) < 4.78 is 0. The second kappa shape index (κ2) is 5.70. The highest BCUT2D eigenvalue weighted by molar-refractivity contribution is 5.80. The fraction of sp³-hybridized carbons (Fsp3) is 0.600. The molecule has 0 spiro atoms. The van der Waals surface area contributed by atoms with Crippen LogP contribution in [0.15, 0.2) is 18.3 Å². The summed E-state index contributed by atoms with van der Waals surface area (Å²) in [5.41, 5.74) is 7.88. The van der Waals surface area contributed by atoms with Crippen LogP contribution < -0.4 is 11.1 Å². The van der Waals surface area contributed by atoms with Crippen LogP contribution in [0, 0.1) is 12.8 Å². The number of nitrogens with one attached hydrogen (secondary N) is 1. The number of nitrogens with two attached hydrogens (primary N) is 1. The second-order valence-electron chi connectivity index (χ2n) is 5.83. The molecule has 4 nitrogen and oxygen atoms in total. The minimum atomic E-state index is -0.367. The fourth-order valence-corrected chi connectivity index (χ4v) is 2.70. The van der Waals surface area contributed by atoms with Gasteiger partial charge in [0.2, 0.25) is 5.91 Å². The number of amides is 1. The van der Waals surface area contributed by atoms with Gasteiger partial charge in [0, 0.05) is 24.0 Å². The molecule has 1 fully saturated rings. The molecule has 2 unspecified atom stereocenters. The van der Waals surface area contributed by atoms with E-state index in [1.165, 1.54) is 0 Å². The van der Waals surface area contributed by atoms with Gasteiger partial charge in [-0.2, -0.15) is 0 Å². The molecule has 4 heteroatoms. The lowest BCUT2D eigenvalue weighted by molar-refractivity contribution is -0.128. The van der Waals surface area contributed by atoms with E-state index in [2.05, 4.69) is 10.3 Å². The number of aryl methyl sites for hydroxylation is 1. The van der Waals surface area contributed by atoms with Crippen molar-refractivity contribution in [1.82, 2.24) is 10.3 Å². The Morgan fingerprint density at radius 2 is 2.32 bits per heavy atom. The molecule has 1 aromatic heterocycles. The zero-order chi connectivity index (χ0) is 13.9. The molecule has 1 saturated carbocycles. The molecule has 1 aliphatic rings. The van der Waals surface area contributed by atoms with Crippen molar-refractivity contribution in [3.05, 3.63) is 29.6 Å². The van der Waals surface area contributed by atoms with Crippen molar-refractivity contribution in [3.8, 4) is 0 Å². The molecule has 0 saturated heterocycles. The standard InChI is InChI=1S/C15H23N3O/c1-11-6-7-12(9-17-11)10-18-14(19)13-5-3-4-8-15(13,2)16/h6-7,9,13H,3-5,8,10,16H2,1-2H3,(H,18,19). The van der Waals surface area contributed by atoms with Gasteiger partial charge in [0.1, 0.15) is 0 Å². The number of carbonyl (C=O) groups excluding carboxylic acids is 1. The van der Waals surface area contributed by atoms with E-state index in [0.717, 1.165) is 36.9 Å². The Morgan fingerprint density at radius 1 is 1.53 bits per heavy atom. The summed E-state index contributed by atoms with van der Waals surface area (Å²) in [5, 5.41) is 2.98. The van der Waals surface area contributed by atoms with Gasteiger partial charge in [-0.15, -0.1) is 0 Å². The SMILES string of the molecule is Cc1ccc(CNC(=O)C2CCCCC2(C)N)cn1. The lowest BCUT2D eigenvalue weighted by atomic mass is 9.74. The summed E-state index contributed by atoms with van der Waals surface area (Å²) >= 11 is 0. The zero-order valence-electron chi connectivity index (χ0n) is 11.8. The number of carbonyl (C=O) groups is 1. The van der Waals surface area contributed by atoms with Crippen LogP contribution in [0.2, 0.25) is 0 Å². The Labute approximate surface area is 114 Å². The predicted molar refractivity (Wildman–Crippen MR) is 75.4 cm³/mol. The van der Waals surface area contributed by atoms with E-state index in [9.17, 15) is 4.79 Å². The number of rotatable bonds is 3. The lowest BCUT2D eigenvalue weighted by Gasteiger charge is -2.37. The summed E-state index contributed by atoms with van der Waals surface area (Å²) in [4.78, 5) is 16.5. The quantitative estimate of drug-likeness (QED) is 0.873. The zero-order valence-corrected chi connectivity index (χ0v) is 11.8. The lowest BCUT2D eigenvalue weighted by Crippen LogP contribution is -2.52. The monoisotopic (exact) mass is 261 g/mol. The van der Waals surface area contributed by atoms with E-state index >= 15 is 0 Å². The van der Waals surface area contributed by atoms with Crippen LogP contribution in [0.25, 0.3) is 0 Å². The van der Waals surface area contributed by atoms with Gasteiger partial charge in [-0.3, -0.25) is 9.78 Å². The third-order valence-corrected chi connectivity index (χ3v) is 4.01. The van der Waals surface area contributed by atoms with Crippen LogP contribution in [-0.2, 0) is 11.3 Å². The maximum Gasteiger partial charge on any atom is 0.225 e. The number of pyridine rings is 1. The molecule has 2 atom stereocenters. The first-order chi connectivity index (χ1) is 8.99. The van der Waals surface area contributed by atoms with E-state index in [1.54, 1.807) is 6.20 Å². The molecule has 1 heterocycles. The first-order valence-electron chi connectivity index (χ1n) is 6.97. The van der Waals surface area contributed by atoms with Gasteiger partial charge in [0.05, 0.1) is 5.92 Å². The molecule has 0 aliphatic heterocycles. The molecule has 2 rings (SSSR count). The largest absolute Gasteiger partial charge is 0.352 e. The summed E-state index contributed by atoms with van der Waals surface area (Å²) in [6.07, 6.45) is 5.84. The highest BCUT2D eigenvalue weighted by Gasteiger charge is 2.37. The normalized spacial score (nSPS) is 27.0. The predicted octanol–water partition coefficient (Wildman–Crippen LogP) is 1.91. The molecule has 1 amide bonds. The minimum Gasteiger partial charge on any atom is -0.352 e. The fourth-order valence-electron chi connectivity index (χ4n) is 2.70. The summed E-state index contributed by atoms with van der Waals surface area (Å²) in [7, 11) is 0. The van der Waals surface area contributed by atoms with Gasteiger partial charge in [0.15, 0.2) is 0 Å². The van der Waals surface area contributed by atoms with Crippen molar-refractivity contribution in [2.75, 3.05) is 0 Å². The van der Waals surface area contributed by atoms with Crippen LogP contribution in [0.3, 0.4) is 0 Å². The molecule has 1 aromatic rings. The molecule has 1 aliphatic carbocycles. The third-order valence-electron chi connectivity index (χ3n) is 4.01. The van der Waals surface area contributed by atoms with Gasteiger partial charge < -0.3 is 11.1 Å². The first-order valence-corrected chi connectivity index (χ1v) is 6.97. The number of aromatic nitrogens is 1. The number of hydrogen-bond donors (Lipinski definition) is 2. The Morgan fingerprint density at radius 3 is 2.95 bits per heavy atom. The second-order valence-corrected chi connectivity index (χ2v) is 5.83. The Bertz CT molecular complexity index is 439. The molecule has 0 aromatic carbocycles. The van der Waals surface area contributed by atoms with Crippen LogP contribution in [0.4, 0.5) is 0 Å². The molecule has 3 N–H and O–H groups in total. The van der Waals surface area contributed by atoms with Crippen molar-refractivity contribution >= 4 is 5.91 Å². The maximum absolute atomic E-state index is 12.2. The van der Waals surface area contributed by atoms with Crippen molar-refractivity contribution in [2.45, 2.75) is 51.6 Å². The van der Waals surface area contributed by atoms with Crippen LogP contribution in [-0.4, -0.2) is 16.4 Å². The highest BCUT2D eigenvalue weighted by Crippen LogP contribution is 2.31. The number of nitrogens with zero attached hydrogens (tertiary/aromatic N) is 1. The molecule has 0 radical (unpaired) electrons. The smallest absolute Gasteiger partial charge is 0.225 e. The molecule has 0 bridgehead atoms. The molecular weight excluding hydrogens is 238 g/mol. The van der Waals surface area contributed by atoms with E-state index in [-0.39, 0.29) is 17.4 Å². The van der Waals surface area contributed by atoms with Gasteiger partial charge in [0.25, 0.3) is 0 Å². The summed E-state index contributed by atoms with van der Waals surface area (Å²) in [5.74, 6) is 0.00457. The van der Waals surface area contributed by atoms with Crippen molar-refractivity contribution in [3.63, 3.8) is 0 Å². The van der Waals surface area contributed by atoms with Crippen LogP contribution in [0.1, 0.15) is 43.9 Å². The van der Waals surface area contributed by atoms with E-state index in [1.807, 2.05) is 26.0 Å². The summed E-state index contributed by atoms with van der Waals surface area (Å²) in [6.45, 7) is 4.47. The van der Waals surface area contributed by atoms with Gasteiger partial charge in [-0.05, 0) is 38.3 Å². The Balaban J connectivity index is 1.92. The van der Waals surface area contributed by atoms with Crippen LogP contribution >= 0.6 is 0 Å². The van der Waals surface area contributed by atoms with Gasteiger partial charge in [-0.1, -0.05) is 18.9 Å². The average Bonchev–Trinajstić information content (AvgIpc) is 2.37. The average molecular weight is 261 g/mol. The first kappa shape index (κ1) is 14.0. The van der Waals surface area contributed by atoms with E-state index in [0.29, 0.717) is 6.54 Å². The Hall–Kier alpha value is -1.42. The van der Waals surface area contributed by atoms with Crippen molar-refractivity contribution in [2.24, 2.45) is 11.7 Å². The van der Waals surface area contributed by atoms with Crippen LogP contribution in [0.5, 0.6) is 0 Å². The summed E-state index contributed by atoms with van der Waals surface area (Å²) in [6, 6.07) is 3.94. The Kier molecular flexibility index (Phi) is 4.20. The minimum absolute atomic E-state index is 0.0698. The third kappa shape index (κ3) is 3.53. The molecule has 104 valence electrons. The maximum atomic E-state index is 12.2. The van der Waals surface area contributed by atoms with Crippen molar-refractivity contribution in [1.29, 1.82) is 0 Å². The van der Waals surface area contributed by atoms with E-state index in [4.69, 9.17) is 5.73 Å².